The van der Waals surface area contributed by atoms with Crippen LogP contribution in [0.4, 0.5) is 5.69 Å². The van der Waals surface area contributed by atoms with E-state index < -0.39 is 0 Å². The van der Waals surface area contributed by atoms with Crippen molar-refractivity contribution in [2.45, 2.75) is 39.4 Å². The molecule has 1 N–H and O–H groups in total. The molecule has 0 aromatic heterocycles. The van der Waals surface area contributed by atoms with E-state index >= 15 is 0 Å². The molecule has 2 atom stereocenters. The van der Waals surface area contributed by atoms with Crippen LogP contribution in [0.1, 0.15) is 37.6 Å². The molecule has 0 spiro atoms. The molecule has 0 saturated carbocycles. The van der Waals surface area contributed by atoms with Gasteiger partial charge < -0.3 is 15.0 Å². The van der Waals surface area contributed by atoms with Crippen molar-refractivity contribution in [3.8, 4) is 0 Å². The summed E-state index contributed by atoms with van der Waals surface area (Å²) in [6.07, 6.45) is 0.547. The van der Waals surface area contributed by atoms with Crippen LogP contribution in [0.2, 0.25) is 0 Å². The number of anilines is 1. The van der Waals surface area contributed by atoms with Crippen molar-refractivity contribution in [3.63, 3.8) is 0 Å². The molecule has 0 radical (unpaired) electrons. The number of morpholine rings is 1. The van der Waals surface area contributed by atoms with Crippen LogP contribution in [0, 0.1) is 0 Å². The summed E-state index contributed by atoms with van der Waals surface area (Å²) in [4.78, 5) is 25.6. The first-order chi connectivity index (χ1) is 9.99. The van der Waals surface area contributed by atoms with Gasteiger partial charge in [0.15, 0.2) is 0 Å². The lowest BCUT2D eigenvalue weighted by molar-refractivity contribution is -0.115. The normalized spacial score (nSPS) is 22.0. The first-order valence-electron chi connectivity index (χ1n) is 7.34. The number of nitrogens with one attached hydrogen (secondary N) is 1. The molecule has 1 aliphatic rings. The summed E-state index contributed by atoms with van der Waals surface area (Å²) >= 11 is 0. The maximum absolute atomic E-state index is 12.5. The number of rotatable bonds is 3. The van der Waals surface area contributed by atoms with Gasteiger partial charge in [0.25, 0.3) is 5.91 Å². The van der Waals surface area contributed by atoms with Crippen LogP contribution in [0.3, 0.4) is 0 Å². The van der Waals surface area contributed by atoms with E-state index in [0.717, 1.165) is 0 Å². The Balaban J connectivity index is 2.04. The van der Waals surface area contributed by atoms with E-state index in [1.807, 2.05) is 18.7 Å². The zero-order chi connectivity index (χ0) is 15.4. The second-order valence-corrected chi connectivity index (χ2v) is 5.45. The molecule has 2 rings (SSSR count). The van der Waals surface area contributed by atoms with E-state index in [1.165, 1.54) is 0 Å². The number of hydrogen-bond donors (Lipinski definition) is 1. The molecule has 114 valence electrons. The van der Waals surface area contributed by atoms with Gasteiger partial charge in [-0.25, -0.2) is 0 Å². The van der Waals surface area contributed by atoms with Crippen LogP contribution >= 0.6 is 0 Å². The lowest BCUT2D eigenvalue weighted by Crippen LogP contribution is -2.48. The third-order valence-electron chi connectivity index (χ3n) is 3.44. The van der Waals surface area contributed by atoms with Gasteiger partial charge in [0.1, 0.15) is 0 Å². The summed E-state index contributed by atoms with van der Waals surface area (Å²) in [5, 5.41) is 2.77. The fourth-order valence-corrected chi connectivity index (χ4v) is 2.47. The molecule has 1 aromatic rings. The highest BCUT2D eigenvalue weighted by atomic mass is 16.5. The van der Waals surface area contributed by atoms with Crippen LogP contribution in [-0.4, -0.2) is 42.0 Å². The quantitative estimate of drug-likeness (QED) is 0.929. The average Bonchev–Trinajstić information content (AvgIpc) is 2.46. The second-order valence-electron chi connectivity index (χ2n) is 5.45. The highest BCUT2D eigenvalue weighted by Crippen LogP contribution is 2.16. The summed E-state index contributed by atoms with van der Waals surface area (Å²) < 4.78 is 5.64. The van der Waals surface area contributed by atoms with Gasteiger partial charge in [-0.1, -0.05) is 6.92 Å². The molecule has 1 aliphatic heterocycles. The van der Waals surface area contributed by atoms with Crippen LogP contribution in [0.5, 0.6) is 0 Å². The number of hydrogen-bond acceptors (Lipinski definition) is 3. The Morgan fingerprint density at radius 2 is 1.76 bits per heavy atom. The van der Waals surface area contributed by atoms with Crippen molar-refractivity contribution >= 4 is 17.5 Å². The Morgan fingerprint density at radius 1 is 1.19 bits per heavy atom. The fraction of sp³-hybridized carbons (Fsp3) is 0.500. The van der Waals surface area contributed by atoms with Crippen molar-refractivity contribution in [2.24, 2.45) is 0 Å². The summed E-state index contributed by atoms with van der Waals surface area (Å²) in [6, 6.07) is 7.01. The minimum Gasteiger partial charge on any atom is -0.372 e. The molecule has 1 saturated heterocycles. The SMILES string of the molecule is CCC(=O)Nc1ccc(C(=O)N2C[C@@H](C)O[C@H](C)C2)cc1. The Kier molecular flexibility index (Phi) is 4.96. The summed E-state index contributed by atoms with van der Waals surface area (Å²) in [5.41, 5.74) is 1.34. The topological polar surface area (TPSA) is 58.6 Å². The number of amides is 2. The van der Waals surface area contributed by atoms with Gasteiger partial charge in [0.2, 0.25) is 5.91 Å². The molecule has 1 heterocycles. The zero-order valence-electron chi connectivity index (χ0n) is 12.8. The summed E-state index contributed by atoms with van der Waals surface area (Å²) in [6.45, 7) is 6.96. The Bertz CT molecular complexity index is 503. The Labute approximate surface area is 125 Å². The van der Waals surface area contributed by atoms with Crippen molar-refractivity contribution in [1.29, 1.82) is 0 Å². The average molecular weight is 290 g/mol. The third kappa shape index (κ3) is 4.04. The monoisotopic (exact) mass is 290 g/mol. The molecule has 1 fully saturated rings. The molecule has 0 unspecified atom stereocenters. The molecule has 2 amide bonds. The van der Waals surface area contributed by atoms with Gasteiger partial charge in [-0.3, -0.25) is 9.59 Å². The molecular weight excluding hydrogens is 268 g/mol. The summed E-state index contributed by atoms with van der Waals surface area (Å²) in [5.74, 6) is -0.0322. The molecule has 5 heteroatoms. The molecular formula is C16H22N2O3. The van der Waals surface area contributed by atoms with E-state index in [-0.39, 0.29) is 24.0 Å². The van der Waals surface area contributed by atoms with Crippen LogP contribution in [0.25, 0.3) is 0 Å². The zero-order valence-corrected chi connectivity index (χ0v) is 12.8. The van der Waals surface area contributed by atoms with E-state index in [9.17, 15) is 9.59 Å². The standard InChI is InChI=1S/C16H22N2O3/c1-4-15(19)17-14-7-5-13(6-8-14)16(20)18-9-11(2)21-12(3)10-18/h5-8,11-12H,4,9-10H2,1-3H3,(H,17,19)/t11-,12-/m1/s1. The first-order valence-corrected chi connectivity index (χ1v) is 7.34. The van der Waals surface area contributed by atoms with E-state index in [2.05, 4.69) is 5.32 Å². The highest BCUT2D eigenvalue weighted by Gasteiger charge is 2.26. The fourth-order valence-electron chi connectivity index (χ4n) is 2.47. The second kappa shape index (κ2) is 6.72. The van der Waals surface area contributed by atoms with Crippen molar-refractivity contribution in [1.82, 2.24) is 4.90 Å². The van der Waals surface area contributed by atoms with Gasteiger partial charge in [-0.15, -0.1) is 0 Å². The maximum atomic E-state index is 12.5. The number of ether oxygens (including phenoxy) is 1. The maximum Gasteiger partial charge on any atom is 0.254 e. The first kappa shape index (κ1) is 15.5. The third-order valence-corrected chi connectivity index (χ3v) is 3.44. The van der Waals surface area contributed by atoms with Crippen LogP contribution < -0.4 is 5.32 Å². The minimum absolute atomic E-state index is 0.00497. The van der Waals surface area contributed by atoms with E-state index in [0.29, 0.717) is 30.8 Å². The van der Waals surface area contributed by atoms with Gasteiger partial charge in [0.05, 0.1) is 12.2 Å². The van der Waals surface area contributed by atoms with Crippen LogP contribution in [0.15, 0.2) is 24.3 Å². The molecule has 1 aromatic carbocycles. The van der Waals surface area contributed by atoms with Gasteiger partial charge >= 0.3 is 0 Å². The largest absolute Gasteiger partial charge is 0.372 e. The predicted octanol–water partition coefficient (Wildman–Crippen LogP) is 2.28. The molecule has 5 nitrogen and oxygen atoms in total. The van der Waals surface area contributed by atoms with Gasteiger partial charge in [-0.2, -0.15) is 0 Å². The Morgan fingerprint density at radius 3 is 2.29 bits per heavy atom. The number of benzene rings is 1. The lowest BCUT2D eigenvalue weighted by Gasteiger charge is -2.35. The predicted molar refractivity (Wildman–Crippen MR) is 81.3 cm³/mol. The molecule has 0 aliphatic carbocycles. The van der Waals surface area contributed by atoms with Crippen molar-refractivity contribution < 1.29 is 14.3 Å². The number of carbonyl (C=O) groups excluding carboxylic acids is 2. The van der Waals surface area contributed by atoms with Gasteiger partial charge in [-0.05, 0) is 38.1 Å². The van der Waals surface area contributed by atoms with Crippen molar-refractivity contribution in [2.75, 3.05) is 18.4 Å². The van der Waals surface area contributed by atoms with Crippen LogP contribution in [-0.2, 0) is 9.53 Å². The smallest absolute Gasteiger partial charge is 0.254 e. The molecule has 0 bridgehead atoms. The molecule has 21 heavy (non-hydrogen) atoms. The number of nitrogens with zero attached hydrogens (tertiary/aromatic N) is 1. The van der Waals surface area contributed by atoms with Crippen molar-refractivity contribution in [3.05, 3.63) is 29.8 Å². The highest BCUT2D eigenvalue weighted by molar-refractivity contribution is 5.95. The number of carbonyl (C=O) groups is 2. The minimum atomic E-state index is -0.0371. The Hall–Kier alpha value is -1.88. The van der Waals surface area contributed by atoms with Gasteiger partial charge in [0, 0.05) is 30.8 Å². The summed E-state index contributed by atoms with van der Waals surface area (Å²) in [7, 11) is 0. The lowest BCUT2D eigenvalue weighted by atomic mass is 10.1. The van der Waals surface area contributed by atoms with E-state index in [1.54, 1.807) is 31.2 Å². The van der Waals surface area contributed by atoms with E-state index in [4.69, 9.17) is 4.74 Å².